The molecular formula is C13H16ClN3O. The number of hydrogen-bond donors (Lipinski definition) is 1. The second kappa shape index (κ2) is 5.50. The van der Waals surface area contributed by atoms with Crippen LogP contribution < -0.4 is 0 Å². The SMILES string of the molecule is Cn1cc(CC(O)(CCCl)c2ccccc2)nn1. The van der Waals surface area contributed by atoms with Gasteiger partial charge in [-0.2, -0.15) is 0 Å². The monoisotopic (exact) mass is 265 g/mol. The Bertz CT molecular complexity index is 500. The number of rotatable bonds is 5. The molecule has 0 saturated carbocycles. The summed E-state index contributed by atoms with van der Waals surface area (Å²) in [6, 6.07) is 9.55. The van der Waals surface area contributed by atoms with Crippen molar-refractivity contribution in [3.05, 3.63) is 47.8 Å². The number of benzene rings is 1. The van der Waals surface area contributed by atoms with Gasteiger partial charge in [0.1, 0.15) is 0 Å². The zero-order valence-corrected chi connectivity index (χ0v) is 11.0. The molecule has 96 valence electrons. The molecule has 1 atom stereocenters. The van der Waals surface area contributed by atoms with E-state index in [0.29, 0.717) is 18.7 Å². The van der Waals surface area contributed by atoms with Gasteiger partial charge in [-0.05, 0) is 12.0 Å². The molecule has 4 nitrogen and oxygen atoms in total. The van der Waals surface area contributed by atoms with Gasteiger partial charge in [0.25, 0.3) is 0 Å². The second-order valence-corrected chi connectivity index (χ2v) is 4.77. The minimum Gasteiger partial charge on any atom is -0.385 e. The summed E-state index contributed by atoms with van der Waals surface area (Å²) in [5, 5.41) is 18.7. The lowest BCUT2D eigenvalue weighted by atomic mass is 9.87. The lowest BCUT2D eigenvalue weighted by Gasteiger charge is -2.27. The Hall–Kier alpha value is -1.39. The first-order valence-electron chi connectivity index (χ1n) is 5.83. The third kappa shape index (κ3) is 2.89. The van der Waals surface area contributed by atoms with Crippen molar-refractivity contribution in [2.45, 2.75) is 18.4 Å². The molecule has 5 heteroatoms. The normalized spacial score (nSPS) is 14.4. The molecule has 1 aromatic carbocycles. The Labute approximate surface area is 111 Å². The van der Waals surface area contributed by atoms with Crippen LogP contribution in [0.5, 0.6) is 0 Å². The summed E-state index contributed by atoms with van der Waals surface area (Å²) in [5.74, 6) is 0.395. The Balaban J connectivity index is 2.26. The number of aryl methyl sites for hydroxylation is 1. The minimum absolute atomic E-state index is 0.395. The van der Waals surface area contributed by atoms with Gasteiger partial charge in [0, 0.05) is 25.5 Å². The van der Waals surface area contributed by atoms with Crippen LogP contribution in [0.1, 0.15) is 17.7 Å². The zero-order chi connectivity index (χ0) is 13.0. The smallest absolute Gasteiger partial charge is 0.0964 e. The maximum atomic E-state index is 10.8. The predicted molar refractivity (Wildman–Crippen MR) is 70.4 cm³/mol. The number of alkyl halides is 1. The molecule has 0 fully saturated rings. The summed E-state index contributed by atoms with van der Waals surface area (Å²) in [4.78, 5) is 0. The summed E-state index contributed by atoms with van der Waals surface area (Å²) in [5.41, 5.74) is 0.629. The van der Waals surface area contributed by atoms with Gasteiger partial charge in [0.2, 0.25) is 0 Å². The average Bonchev–Trinajstić information content (AvgIpc) is 2.76. The van der Waals surface area contributed by atoms with Crippen LogP contribution in [-0.4, -0.2) is 26.0 Å². The van der Waals surface area contributed by atoms with Crippen LogP contribution in [0, 0.1) is 0 Å². The Morgan fingerprint density at radius 3 is 2.61 bits per heavy atom. The van der Waals surface area contributed by atoms with Gasteiger partial charge in [-0.1, -0.05) is 35.5 Å². The van der Waals surface area contributed by atoms with Crippen LogP contribution in [-0.2, 0) is 19.1 Å². The fraction of sp³-hybridized carbons (Fsp3) is 0.385. The van der Waals surface area contributed by atoms with Crippen LogP contribution in [0.2, 0.25) is 0 Å². The molecule has 2 aromatic rings. The molecule has 0 amide bonds. The third-order valence-electron chi connectivity index (χ3n) is 2.94. The highest BCUT2D eigenvalue weighted by Gasteiger charge is 2.29. The molecular weight excluding hydrogens is 250 g/mol. The first-order valence-corrected chi connectivity index (χ1v) is 6.36. The van der Waals surface area contributed by atoms with Crippen LogP contribution in [0.4, 0.5) is 0 Å². The van der Waals surface area contributed by atoms with Crippen LogP contribution in [0.15, 0.2) is 36.5 Å². The lowest BCUT2D eigenvalue weighted by Crippen LogP contribution is -2.29. The summed E-state index contributed by atoms with van der Waals surface area (Å²) in [6.07, 6.45) is 2.70. The quantitative estimate of drug-likeness (QED) is 0.840. The van der Waals surface area contributed by atoms with E-state index in [4.69, 9.17) is 11.6 Å². The third-order valence-corrected chi connectivity index (χ3v) is 3.13. The van der Waals surface area contributed by atoms with E-state index in [0.717, 1.165) is 11.3 Å². The molecule has 0 radical (unpaired) electrons. The summed E-state index contributed by atoms with van der Waals surface area (Å²) < 4.78 is 1.63. The van der Waals surface area contributed by atoms with Crippen LogP contribution in [0.25, 0.3) is 0 Å². The van der Waals surface area contributed by atoms with Crippen molar-refractivity contribution in [3.8, 4) is 0 Å². The molecule has 1 unspecified atom stereocenters. The molecule has 0 aliphatic heterocycles. The standard InChI is InChI=1S/C13H16ClN3O/c1-17-10-12(15-16-17)9-13(18,7-8-14)11-5-3-2-4-6-11/h2-6,10,18H,7-9H2,1H3. The molecule has 0 spiro atoms. The van der Waals surface area contributed by atoms with E-state index < -0.39 is 5.60 Å². The van der Waals surface area contributed by atoms with Crippen molar-refractivity contribution in [1.82, 2.24) is 15.0 Å². The number of hydrogen-bond acceptors (Lipinski definition) is 3. The van der Waals surface area contributed by atoms with Crippen molar-refractivity contribution in [1.29, 1.82) is 0 Å². The van der Waals surface area contributed by atoms with E-state index in [-0.39, 0.29) is 0 Å². The van der Waals surface area contributed by atoms with Gasteiger partial charge >= 0.3 is 0 Å². The molecule has 1 N–H and O–H groups in total. The Morgan fingerprint density at radius 2 is 2.06 bits per heavy atom. The van der Waals surface area contributed by atoms with Crippen molar-refractivity contribution in [2.75, 3.05) is 5.88 Å². The van der Waals surface area contributed by atoms with Gasteiger partial charge < -0.3 is 5.11 Å². The minimum atomic E-state index is -0.987. The van der Waals surface area contributed by atoms with E-state index in [1.807, 2.05) is 36.5 Å². The number of halogens is 1. The van der Waals surface area contributed by atoms with E-state index >= 15 is 0 Å². The lowest BCUT2D eigenvalue weighted by molar-refractivity contribution is 0.0326. The van der Waals surface area contributed by atoms with E-state index in [2.05, 4.69) is 10.3 Å². The summed E-state index contributed by atoms with van der Waals surface area (Å²) in [6.45, 7) is 0. The average molecular weight is 266 g/mol. The molecule has 1 aromatic heterocycles. The number of aliphatic hydroxyl groups is 1. The molecule has 2 rings (SSSR count). The summed E-state index contributed by atoms with van der Waals surface area (Å²) >= 11 is 5.81. The van der Waals surface area contributed by atoms with Gasteiger partial charge in [-0.25, -0.2) is 0 Å². The highest BCUT2D eigenvalue weighted by atomic mass is 35.5. The molecule has 0 saturated heterocycles. The van der Waals surface area contributed by atoms with Crippen LogP contribution >= 0.6 is 11.6 Å². The molecule has 0 aliphatic carbocycles. The second-order valence-electron chi connectivity index (χ2n) is 4.40. The van der Waals surface area contributed by atoms with Crippen LogP contribution in [0.3, 0.4) is 0 Å². The Morgan fingerprint density at radius 1 is 1.33 bits per heavy atom. The maximum absolute atomic E-state index is 10.8. The topological polar surface area (TPSA) is 50.9 Å². The fourth-order valence-electron chi connectivity index (χ4n) is 2.02. The van der Waals surface area contributed by atoms with E-state index in [1.54, 1.807) is 11.7 Å². The van der Waals surface area contributed by atoms with E-state index in [1.165, 1.54) is 0 Å². The molecule has 1 heterocycles. The molecule has 18 heavy (non-hydrogen) atoms. The highest BCUT2D eigenvalue weighted by Crippen LogP contribution is 2.29. The first kappa shape index (κ1) is 13.1. The zero-order valence-electron chi connectivity index (χ0n) is 10.3. The van der Waals surface area contributed by atoms with Gasteiger partial charge in [0.15, 0.2) is 0 Å². The Kier molecular flexibility index (Phi) is 3.99. The van der Waals surface area contributed by atoms with Crippen molar-refractivity contribution >= 4 is 11.6 Å². The first-order chi connectivity index (χ1) is 8.64. The molecule has 0 bridgehead atoms. The largest absolute Gasteiger partial charge is 0.385 e. The van der Waals surface area contributed by atoms with Gasteiger partial charge in [-0.15, -0.1) is 16.7 Å². The number of aromatic nitrogens is 3. The van der Waals surface area contributed by atoms with Gasteiger partial charge in [0.05, 0.1) is 11.3 Å². The highest BCUT2D eigenvalue weighted by molar-refractivity contribution is 6.17. The van der Waals surface area contributed by atoms with Gasteiger partial charge in [-0.3, -0.25) is 4.68 Å². The summed E-state index contributed by atoms with van der Waals surface area (Å²) in [7, 11) is 1.81. The van der Waals surface area contributed by atoms with Crippen molar-refractivity contribution in [3.63, 3.8) is 0 Å². The van der Waals surface area contributed by atoms with E-state index in [9.17, 15) is 5.11 Å². The van der Waals surface area contributed by atoms with Crippen molar-refractivity contribution < 1.29 is 5.11 Å². The maximum Gasteiger partial charge on any atom is 0.0964 e. The fourth-order valence-corrected chi connectivity index (χ4v) is 2.33. The van der Waals surface area contributed by atoms with Crippen molar-refractivity contribution in [2.24, 2.45) is 7.05 Å². The number of nitrogens with zero attached hydrogens (tertiary/aromatic N) is 3. The molecule has 0 aliphatic rings. The predicted octanol–water partition coefficient (Wildman–Crippen LogP) is 1.87.